The van der Waals surface area contributed by atoms with E-state index in [-0.39, 0.29) is 12.5 Å². The van der Waals surface area contributed by atoms with Crippen molar-refractivity contribution in [2.24, 2.45) is 7.05 Å². The number of hydrogen-bond acceptors (Lipinski definition) is 4. The van der Waals surface area contributed by atoms with Crippen molar-refractivity contribution >= 4 is 21.9 Å². The zero-order valence-corrected chi connectivity index (χ0v) is 12.4. The number of carboxylic acid groups (broad SMARTS) is 1. The van der Waals surface area contributed by atoms with Crippen LogP contribution in [0.5, 0.6) is 11.5 Å². The van der Waals surface area contributed by atoms with Gasteiger partial charge in [0, 0.05) is 11.5 Å². The minimum atomic E-state index is -1.06. The van der Waals surface area contributed by atoms with Gasteiger partial charge in [0.25, 0.3) is 0 Å². The Hall–Kier alpha value is -2.02. The van der Waals surface area contributed by atoms with E-state index in [4.69, 9.17) is 14.6 Å². The second-order valence-electron chi connectivity index (χ2n) is 4.44. The van der Waals surface area contributed by atoms with Crippen molar-refractivity contribution < 1.29 is 19.4 Å². The SMILES string of the molecule is Cc1c(Br)cc2c(c1-c1cc(C(=O)O)nn1C)OCO2. The molecule has 0 spiro atoms. The molecule has 0 aliphatic carbocycles. The van der Waals surface area contributed by atoms with E-state index in [0.717, 1.165) is 15.6 Å². The molecule has 1 aromatic carbocycles. The van der Waals surface area contributed by atoms with Gasteiger partial charge < -0.3 is 14.6 Å². The minimum absolute atomic E-state index is 0.00505. The van der Waals surface area contributed by atoms with Crippen LogP contribution in [-0.4, -0.2) is 27.6 Å². The van der Waals surface area contributed by atoms with E-state index in [9.17, 15) is 4.79 Å². The summed E-state index contributed by atoms with van der Waals surface area (Å²) in [4.78, 5) is 11.0. The predicted octanol–water partition coefficient (Wildman–Crippen LogP) is 2.58. The molecule has 2 heterocycles. The summed E-state index contributed by atoms with van der Waals surface area (Å²) in [6, 6.07) is 3.37. The van der Waals surface area contributed by atoms with Crippen LogP contribution < -0.4 is 9.47 Å². The highest BCUT2D eigenvalue weighted by atomic mass is 79.9. The number of carbonyl (C=O) groups is 1. The molecule has 3 rings (SSSR count). The second-order valence-corrected chi connectivity index (χ2v) is 5.29. The maximum Gasteiger partial charge on any atom is 0.356 e. The Balaban J connectivity index is 2.27. The molecule has 0 bridgehead atoms. The van der Waals surface area contributed by atoms with Gasteiger partial charge in [-0.15, -0.1) is 0 Å². The lowest BCUT2D eigenvalue weighted by molar-refractivity contribution is 0.0689. The molecule has 1 aliphatic rings. The highest BCUT2D eigenvalue weighted by Gasteiger charge is 2.25. The number of rotatable bonds is 2. The van der Waals surface area contributed by atoms with Gasteiger partial charge in [-0.05, 0) is 24.6 Å². The van der Waals surface area contributed by atoms with Crippen LogP contribution in [0.1, 0.15) is 16.1 Å². The summed E-state index contributed by atoms with van der Waals surface area (Å²) in [5, 5.41) is 13.0. The number of halogens is 1. The van der Waals surface area contributed by atoms with Gasteiger partial charge in [-0.2, -0.15) is 5.10 Å². The van der Waals surface area contributed by atoms with E-state index in [1.165, 1.54) is 10.7 Å². The molecule has 7 heteroatoms. The van der Waals surface area contributed by atoms with Crippen LogP contribution in [0.4, 0.5) is 0 Å². The summed E-state index contributed by atoms with van der Waals surface area (Å²) in [6.45, 7) is 2.08. The van der Waals surface area contributed by atoms with Crippen molar-refractivity contribution in [1.29, 1.82) is 0 Å². The van der Waals surface area contributed by atoms with E-state index in [1.807, 2.05) is 13.0 Å². The van der Waals surface area contributed by atoms with Crippen molar-refractivity contribution in [3.8, 4) is 22.8 Å². The molecule has 0 fully saturated rings. The average Bonchev–Trinajstić information content (AvgIpc) is 2.98. The number of benzene rings is 1. The highest BCUT2D eigenvalue weighted by molar-refractivity contribution is 9.10. The van der Waals surface area contributed by atoms with Crippen molar-refractivity contribution in [3.05, 3.63) is 27.9 Å². The van der Waals surface area contributed by atoms with Gasteiger partial charge in [0.2, 0.25) is 6.79 Å². The Morgan fingerprint density at radius 1 is 1.45 bits per heavy atom. The van der Waals surface area contributed by atoms with E-state index in [0.29, 0.717) is 17.2 Å². The lowest BCUT2D eigenvalue weighted by Gasteiger charge is -2.11. The van der Waals surface area contributed by atoms with E-state index >= 15 is 0 Å². The molecule has 0 atom stereocenters. The predicted molar refractivity (Wildman–Crippen MR) is 74.2 cm³/mol. The van der Waals surface area contributed by atoms with Gasteiger partial charge in [-0.3, -0.25) is 4.68 Å². The highest BCUT2D eigenvalue weighted by Crippen LogP contribution is 2.46. The molecule has 0 unspecified atom stereocenters. The maximum atomic E-state index is 11.0. The Labute approximate surface area is 123 Å². The van der Waals surface area contributed by atoms with Crippen LogP contribution in [0.3, 0.4) is 0 Å². The van der Waals surface area contributed by atoms with Crippen molar-refractivity contribution in [1.82, 2.24) is 9.78 Å². The van der Waals surface area contributed by atoms with Crippen LogP contribution in [0.2, 0.25) is 0 Å². The molecule has 1 N–H and O–H groups in total. The number of aryl methyl sites for hydroxylation is 1. The summed E-state index contributed by atoms with van der Waals surface area (Å²) in [7, 11) is 1.70. The Kier molecular flexibility index (Phi) is 2.93. The van der Waals surface area contributed by atoms with Crippen molar-refractivity contribution in [3.63, 3.8) is 0 Å². The van der Waals surface area contributed by atoms with Crippen LogP contribution in [0.15, 0.2) is 16.6 Å². The van der Waals surface area contributed by atoms with Gasteiger partial charge >= 0.3 is 5.97 Å². The number of nitrogens with zero attached hydrogens (tertiary/aromatic N) is 2. The summed E-state index contributed by atoms with van der Waals surface area (Å²) < 4.78 is 13.3. The third-order valence-corrected chi connectivity index (χ3v) is 4.04. The first-order valence-electron chi connectivity index (χ1n) is 5.85. The van der Waals surface area contributed by atoms with Gasteiger partial charge in [-0.1, -0.05) is 15.9 Å². The van der Waals surface area contributed by atoms with E-state index in [1.54, 1.807) is 7.05 Å². The van der Waals surface area contributed by atoms with Gasteiger partial charge in [0.15, 0.2) is 17.2 Å². The summed E-state index contributed by atoms with van der Waals surface area (Å²) in [5.41, 5.74) is 2.39. The molecule has 1 aromatic heterocycles. The third-order valence-electron chi connectivity index (χ3n) is 3.21. The first-order chi connectivity index (χ1) is 9.49. The quantitative estimate of drug-likeness (QED) is 0.910. The van der Waals surface area contributed by atoms with E-state index < -0.39 is 5.97 Å². The molecule has 20 heavy (non-hydrogen) atoms. The topological polar surface area (TPSA) is 73.6 Å². The number of ether oxygens (including phenoxy) is 2. The maximum absolute atomic E-state index is 11.0. The lowest BCUT2D eigenvalue weighted by atomic mass is 10.0. The number of hydrogen-bond donors (Lipinski definition) is 1. The molecule has 1 aliphatic heterocycles. The largest absolute Gasteiger partial charge is 0.476 e. The molecule has 6 nitrogen and oxygen atoms in total. The zero-order chi connectivity index (χ0) is 14.4. The molecule has 0 saturated carbocycles. The first-order valence-corrected chi connectivity index (χ1v) is 6.64. The standard InChI is InChI=1S/C13H11BrN2O4/c1-6-7(14)3-10-12(20-5-19-10)11(6)9-4-8(13(17)18)15-16(9)2/h3-4H,5H2,1-2H3,(H,17,18). The van der Waals surface area contributed by atoms with E-state index in [2.05, 4.69) is 21.0 Å². The number of aromatic nitrogens is 2. The molecule has 104 valence electrons. The monoisotopic (exact) mass is 338 g/mol. The Morgan fingerprint density at radius 2 is 2.20 bits per heavy atom. The molecule has 2 aromatic rings. The molecule has 0 saturated heterocycles. The van der Waals surface area contributed by atoms with Gasteiger partial charge in [-0.25, -0.2) is 4.79 Å². The van der Waals surface area contributed by atoms with Crippen LogP contribution in [0, 0.1) is 6.92 Å². The third kappa shape index (κ3) is 1.85. The molecule has 0 radical (unpaired) electrons. The molecular weight excluding hydrogens is 328 g/mol. The Bertz CT molecular complexity index is 724. The zero-order valence-electron chi connectivity index (χ0n) is 10.8. The summed E-state index contributed by atoms with van der Waals surface area (Å²) in [5.74, 6) is 0.189. The fraction of sp³-hybridized carbons (Fsp3) is 0.231. The fourth-order valence-corrected chi connectivity index (χ4v) is 2.62. The van der Waals surface area contributed by atoms with Crippen LogP contribution >= 0.6 is 15.9 Å². The molecular formula is C13H11BrN2O4. The van der Waals surface area contributed by atoms with Crippen molar-refractivity contribution in [2.75, 3.05) is 6.79 Å². The summed E-state index contributed by atoms with van der Waals surface area (Å²) >= 11 is 3.48. The normalized spacial score (nSPS) is 12.8. The van der Waals surface area contributed by atoms with Crippen LogP contribution in [-0.2, 0) is 7.05 Å². The minimum Gasteiger partial charge on any atom is -0.476 e. The summed E-state index contributed by atoms with van der Waals surface area (Å²) in [6.07, 6.45) is 0. The smallest absolute Gasteiger partial charge is 0.356 e. The second kappa shape index (κ2) is 4.52. The number of carboxylic acids is 1. The average molecular weight is 339 g/mol. The van der Waals surface area contributed by atoms with Crippen LogP contribution in [0.25, 0.3) is 11.3 Å². The Morgan fingerprint density at radius 3 is 2.85 bits per heavy atom. The lowest BCUT2D eigenvalue weighted by Crippen LogP contribution is -2.00. The number of fused-ring (bicyclic) bond motifs is 1. The van der Waals surface area contributed by atoms with Gasteiger partial charge in [0.05, 0.1) is 11.3 Å². The molecule has 0 amide bonds. The van der Waals surface area contributed by atoms with Crippen molar-refractivity contribution in [2.45, 2.75) is 6.92 Å². The fourth-order valence-electron chi connectivity index (χ4n) is 2.22. The van der Waals surface area contributed by atoms with Gasteiger partial charge in [0.1, 0.15) is 0 Å². The number of aromatic carboxylic acids is 1. The first kappa shape index (κ1) is 13.0.